The van der Waals surface area contributed by atoms with Gasteiger partial charge in [-0.15, -0.1) is 11.3 Å². The topological polar surface area (TPSA) is 34.1 Å². The summed E-state index contributed by atoms with van der Waals surface area (Å²) < 4.78 is 12.6. The van der Waals surface area contributed by atoms with Crippen LogP contribution >= 0.6 is 11.3 Å². The third-order valence-corrected chi connectivity index (χ3v) is 5.44. The van der Waals surface area contributed by atoms with Gasteiger partial charge in [-0.05, 0) is 24.3 Å². The summed E-state index contributed by atoms with van der Waals surface area (Å²) in [5.74, 6) is 0.596. The molecular formula is C11H14O2S2. The van der Waals surface area contributed by atoms with Crippen molar-refractivity contribution in [3.63, 3.8) is 0 Å². The molecule has 0 spiro atoms. The second-order valence-electron chi connectivity index (χ2n) is 3.87. The summed E-state index contributed by atoms with van der Waals surface area (Å²) in [6.07, 6.45) is 4.31. The number of hydrogen-bond donors (Lipinski definition) is 0. The number of ketones is 1. The maximum atomic E-state index is 11.8. The van der Waals surface area contributed by atoms with Crippen LogP contribution in [0.3, 0.4) is 0 Å². The molecule has 1 saturated carbocycles. The maximum Gasteiger partial charge on any atom is 0.148 e. The van der Waals surface area contributed by atoms with Crippen LogP contribution in [0, 0.1) is 5.92 Å². The number of Topliss-reactive ketones (excluding diaryl/α,β-unsaturated/α-hetero) is 1. The molecule has 1 atom stereocenters. The van der Waals surface area contributed by atoms with Crippen LogP contribution in [-0.2, 0) is 15.6 Å². The van der Waals surface area contributed by atoms with E-state index in [1.165, 1.54) is 11.3 Å². The Labute approximate surface area is 96.2 Å². The lowest BCUT2D eigenvalue weighted by molar-refractivity contribution is -0.120. The summed E-state index contributed by atoms with van der Waals surface area (Å²) in [6.45, 7) is 0. The van der Waals surface area contributed by atoms with Crippen molar-refractivity contribution in [3.8, 4) is 0 Å². The number of thiophene rings is 1. The molecule has 0 bridgehead atoms. The molecule has 1 aromatic heterocycles. The standard InChI is InChI=1S/C11H14O2S2/c12-10(9-4-1-2-5-9)8-15(13)11-6-3-7-14-11/h3,6-7,9H,1-2,4-5,8H2. The van der Waals surface area contributed by atoms with Crippen molar-refractivity contribution in [1.82, 2.24) is 0 Å². The normalized spacial score (nSPS) is 19.2. The molecule has 2 nitrogen and oxygen atoms in total. The van der Waals surface area contributed by atoms with Crippen molar-refractivity contribution in [2.75, 3.05) is 5.75 Å². The first-order valence-corrected chi connectivity index (χ1v) is 7.42. The molecule has 0 radical (unpaired) electrons. The fourth-order valence-corrected chi connectivity index (χ4v) is 4.05. The average Bonchev–Trinajstić information content (AvgIpc) is 2.91. The molecule has 4 heteroatoms. The van der Waals surface area contributed by atoms with Gasteiger partial charge in [-0.2, -0.15) is 0 Å². The van der Waals surface area contributed by atoms with E-state index in [1.54, 1.807) is 0 Å². The minimum atomic E-state index is -1.11. The van der Waals surface area contributed by atoms with Crippen LogP contribution < -0.4 is 0 Å². The largest absolute Gasteiger partial charge is 0.298 e. The van der Waals surface area contributed by atoms with E-state index in [-0.39, 0.29) is 17.5 Å². The van der Waals surface area contributed by atoms with Crippen LogP contribution in [0.15, 0.2) is 21.7 Å². The van der Waals surface area contributed by atoms with Gasteiger partial charge in [-0.25, -0.2) is 0 Å². The first-order chi connectivity index (χ1) is 7.27. The lowest BCUT2D eigenvalue weighted by Gasteiger charge is -2.06. The van der Waals surface area contributed by atoms with Crippen molar-refractivity contribution in [2.24, 2.45) is 5.92 Å². The Bertz CT molecular complexity index is 351. The molecule has 1 aromatic rings. The van der Waals surface area contributed by atoms with Crippen molar-refractivity contribution in [2.45, 2.75) is 29.9 Å². The Kier molecular flexibility index (Phi) is 3.70. The quantitative estimate of drug-likeness (QED) is 0.813. The van der Waals surface area contributed by atoms with Gasteiger partial charge in [-0.1, -0.05) is 18.9 Å². The Morgan fingerprint density at radius 1 is 1.47 bits per heavy atom. The summed E-state index contributed by atoms with van der Waals surface area (Å²) in [6, 6.07) is 3.71. The zero-order chi connectivity index (χ0) is 10.7. The molecule has 82 valence electrons. The lowest BCUT2D eigenvalue weighted by Crippen LogP contribution is -2.18. The SMILES string of the molecule is O=C(CS(=O)c1cccs1)C1CCCC1. The lowest BCUT2D eigenvalue weighted by atomic mass is 10.0. The van der Waals surface area contributed by atoms with E-state index in [4.69, 9.17) is 0 Å². The monoisotopic (exact) mass is 242 g/mol. The second-order valence-corrected chi connectivity index (χ2v) is 6.50. The molecular weight excluding hydrogens is 228 g/mol. The van der Waals surface area contributed by atoms with Crippen LogP contribution in [0.5, 0.6) is 0 Å². The van der Waals surface area contributed by atoms with Crippen molar-refractivity contribution >= 4 is 27.9 Å². The molecule has 0 aliphatic heterocycles. The molecule has 0 N–H and O–H groups in total. The van der Waals surface area contributed by atoms with E-state index >= 15 is 0 Å². The Balaban J connectivity index is 1.91. The van der Waals surface area contributed by atoms with Gasteiger partial charge in [0.2, 0.25) is 0 Å². The highest BCUT2D eigenvalue weighted by atomic mass is 32.2. The third-order valence-electron chi connectivity index (χ3n) is 2.80. The van der Waals surface area contributed by atoms with E-state index in [1.807, 2.05) is 17.5 Å². The van der Waals surface area contributed by atoms with E-state index < -0.39 is 10.8 Å². The van der Waals surface area contributed by atoms with E-state index in [0.29, 0.717) is 0 Å². The number of carbonyl (C=O) groups excluding carboxylic acids is 1. The average molecular weight is 242 g/mol. The summed E-state index contributed by atoms with van der Waals surface area (Å²) in [7, 11) is -1.11. The molecule has 0 aromatic carbocycles. The zero-order valence-corrected chi connectivity index (χ0v) is 10.1. The maximum absolute atomic E-state index is 11.8. The smallest absolute Gasteiger partial charge is 0.148 e. The van der Waals surface area contributed by atoms with Crippen LogP contribution in [0.2, 0.25) is 0 Å². The van der Waals surface area contributed by atoms with E-state index in [2.05, 4.69) is 0 Å². The Morgan fingerprint density at radius 2 is 2.20 bits per heavy atom. The molecule has 1 unspecified atom stereocenters. The number of carbonyl (C=O) groups is 1. The highest BCUT2D eigenvalue weighted by Gasteiger charge is 2.24. The number of rotatable bonds is 4. The minimum Gasteiger partial charge on any atom is -0.298 e. The summed E-state index contributed by atoms with van der Waals surface area (Å²) in [4.78, 5) is 11.8. The molecule has 2 rings (SSSR count). The molecule has 1 aliphatic carbocycles. The minimum absolute atomic E-state index is 0.189. The van der Waals surface area contributed by atoms with Crippen molar-refractivity contribution in [1.29, 1.82) is 0 Å². The van der Waals surface area contributed by atoms with Gasteiger partial charge in [0.25, 0.3) is 0 Å². The van der Waals surface area contributed by atoms with Gasteiger partial charge in [0.15, 0.2) is 0 Å². The predicted molar refractivity (Wildman–Crippen MR) is 62.6 cm³/mol. The Hall–Kier alpha value is -0.480. The van der Waals surface area contributed by atoms with Gasteiger partial charge in [0.05, 0.1) is 20.8 Å². The molecule has 15 heavy (non-hydrogen) atoms. The van der Waals surface area contributed by atoms with Crippen LogP contribution in [0.1, 0.15) is 25.7 Å². The first-order valence-electron chi connectivity index (χ1n) is 5.22. The molecule has 0 saturated heterocycles. The zero-order valence-electron chi connectivity index (χ0n) is 8.48. The number of hydrogen-bond acceptors (Lipinski definition) is 3. The van der Waals surface area contributed by atoms with Gasteiger partial charge in [-0.3, -0.25) is 9.00 Å². The van der Waals surface area contributed by atoms with Crippen molar-refractivity contribution < 1.29 is 9.00 Å². The summed E-state index contributed by atoms with van der Waals surface area (Å²) in [5.41, 5.74) is 0. The summed E-state index contributed by atoms with van der Waals surface area (Å²) in [5, 5.41) is 1.90. The van der Waals surface area contributed by atoms with Gasteiger partial charge >= 0.3 is 0 Å². The molecule has 1 fully saturated rings. The van der Waals surface area contributed by atoms with Crippen LogP contribution in [0.4, 0.5) is 0 Å². The predicted octanol–water partition coefficient (Wildman–Crippen LogP) is 2.62. The van der Waals surface area contributed by atoms with Gasteiger partial charge in [0.1, 0.15) is 5.78 Å². The molecule has 1 heterocycles. The second kappa shape index (κ2) is 5.03. The fourth-order valence-electron chi connectivity index (χ4n) is 1.96. The van der Waals surface area contributed by atoms with Gasteiger partial charge < -0.3 is 0 Å². The fraction of sp³-hybridized carbons (Fsp3) is 0.545. The van der Waals surface area contributed by atoms with Crippen LogP contribution in [-0.4, -0.2) is 15.7 Å². The highest BCUT2D eigenvalue weighted by molar-refractivity contribution is 7.88. The van der Waals surface area contributed by atoms with Gasteiger partial charge in [0, 0.05) is 5.92 Å². The molecule has 1 aliphatic rings. The summed E-state index contributed by atoms with van der Waals surface area (Å²) >= 11 is 1.46. The van der Waals surface area contributed by atoms with E-state index in [9.17, 15) is 9.00 Å². The first kappa shape index (κ1) is 11.0. The third kappa shape index (κ3) is 2.75. The van der Waals surface area contributed by atoms with Crippen LogP contribution in [0.25, 0.3) is 0 Å². The molecule has 0 amide bonds. The van der Waals surface area contributed by atoms with E-state index in [0.717, 1.165) is 29.9 Å². The Morgan fingerprint density at radius 3 is 2.80 bits per heavy atom. The van der Waals surface area contributed by atoms with Crippen molar-refractivity contribution in [3.05, 3.63) is 17.5 Å². The highest BCUT2D eigenvalue weighted by Crippen LogP contribution is 2.26.